The number of hydrogen-bond donors (Lipinski definition) is 0. The number of unbranched alkanes of at least 4 members (excludes halogenated alkanes) is 1. The van der Waals surface area contributed by atoms with Gasteiger partial charge in [-0.3, -0.25) is 0 Å². The summed E-state index contributed by atoms with van der Waals surface area (Å²) in [5.74, 6) is 2.02. The molecule has 4 heteroatoms. The molecule has 0 aliphatic carbocycles. The molecular formula is C22H22N2OS. The third-order valence-electron chi connectivity index (χ3n) is 4.46. The molecule has 2 heterocycles. The molecule has 0 radical (unpaired) electrons. The summed E-state index contributed by atoms with van der Waals surface area (Å²) in [5.41, 5.74) is 3.52. The Bertz CT molecular complexity index is 971. The molecule has 0 amide bonds. The van der Waals surface area contributed by atoms with Gasteiger partial charge in [-0.2, -0.15) is 0 Å². The van der Waals surface area contributed by atoms with Gasteiger partial charge < -0.3 is 9.30 Å². The van der Waals surface area contributed by atoms with Gasteiger partial charge in [-0.15, -0.1) is 11.3 Å². The SMILES string of the molecule is Cc1ccc(OCCCCn2c(-c3cccs3)nc3ccccc32)cc1. The van der Waals surface area contributed by atoms with E-state index in [4.69, 9.17) is 9.72 Å². The zero-order valence-electron chi connectivity index (χ0n) is 14.9. The summed E-state index contributed by atoms with van der Waals surface area (Å²) in [6, 6.07) is 20.8. The van der Waals surface area contributed by atoms with Crippen LogP contribution >= 0.6 is 11.3 Å². The smallest absolute Gasteiger partial charge is 0.151 e. The lowest BCUT2D eigenvalue weighted by atomic mass is 10.2. The zero-order chi connectivity index (χ0) is 17.8. The largest absolute Gasteiger partial charge is 0.494 e. The van der Waals surface area contributed by atoms with Crippen LogP contribution in [0.3, 0.4) is 0 Å². The summed E-state index contributed by atoms with van der Waals surface area (Å²) < 4.78 is 8.19. The van der Waals surface area contributed by atoms with Crippen LogP contribution in [0.4, 0.5) is 0 Å². The van der Waals surface area contributed by atoms with E-state index in [2.05, 4.69) is 59.3 Å². The van der Waals surface area contributed by atoms with Gasteiger partial charge in [0.1, 0.15) is 5.75 Å². The molecule has 0 saturated heterocycles. The highest BCUT2D eigenvalue weighted by Gasteiger charge is 2.12. The van der Waals surface area contributed by atoms with Gasteiger partial charge >= 0.3 is 0 Å². The van der Waals surface area contributed by atoms with Crippen LogP contribution in [0.1, 0.15) is 18.4 Å². The molecule has 4 rings (SSSR count). The fourth-order valence-electron chi connectivity index (χ4n) is 3.09. The molecule has 0 unspecified atom stereocenters. The highest BCUT2D eigenvalue weighted by Crippen LogP contribution is 2.28. The molecule has 0 fully saturated rings. The molecule has 4 aromatic rings. The first kappa shape index (κ1) is 16.9. The fraction of sp³-hybridized carbons (Fsp3) is 0.227. The number of fused-ring (bicyclic) bond motifs is 1. The van der Waals surface area contributed by atoms with E-state index < -0.39 is 0 Å². The molecule has 0 N–H and O–H groups in total. The highest BCUT2D eigenvalue weighted by molar-refractivity contribution is 7.13. The van der Waals surface area contributed by atoms with Crippen molar-refractivity contribution < 1.29 is 4.74 Å². The number of hydrogen-bond acceptors (Lipinski definition) is 3. The van der Waals surface area contributed by atoms with Gasteiger partial charge in [-0.25, -0.2) is 4.98 Å². The molecule has 2 aromatic heterocycles. The average molecular weight is 362 g/mol. The molecule has 0 atom stereocenters. The second-order valence-corrected chi connectivity index (χ2v) is 7.37. The molecule has 132 valence electrons. The lowest BCUT2D eigenvalue weighted by Gasteiger charge is -2.09. The van der Waals surface area contributed by atoms with Crippen LogP contribution in [-0.2, 0) is 6.54 Å². The number of aromatic nitrogens is 2. The van der Waals surface area contributed by atoms with Crippen molar-refractivity contribution in [3.05, 3.63) is 71.6 Å². The number of rotatable bonds is 7. The molecule has 26 heavy (non-hydrogen) atoms. The maximum absolute atomic E-state index is 5.85. The van der Waals surface area contributed by atoms with Gasteiger partial charge in [0.2, 0.25) is 0 Å². The van der Waals surface area contributed by atoms with Crippen molar-refractivity contribution in [2.45, 2.75) is 26.3 Å². The monoisotopic (exact) mass is 362 g/mol. The first-order valence-corrected chi connectivity index (χ1v) is 9.88. The van der Waals surface area contributed by atoms with E-state index in [-0.39, 0.29) is 0 Å². The van der Waals surface area contributed by atoms with Crippen molar-refractivity contribution in [3.8, 4) is 16.5 Å². The van der Waals surface area contributed by atoms with Crippen molar-refractivity contribution >= 4 is 22.4 Å². The standard InChI is InChI=1S/C22H22N2OS/c1-17-10-12-18(13-11-17)25-15-5-4-14-24-20-8-3-2-7-19(20)23-22(24)21-9-6-16-26-21/h2-3,6-13,16H,4-5,14-15H2,1H3. The number of nitrogens with zero attached hydrogens (tertiary/aromatic N) is 2. The second-order valence-electron chi connectivity index (χ2n) is 6.42. The molecular weight excluding hydrogens is 340 g/mol. The fourth-order valence-corrected chi connectivity index (χ4v) is 3.81. The van der Waals surface area contributed by atoms with E-state index in [1.807, 2.05) is 18.2 Å². The lowest BCUT2D eigenvalue weighted by Crippen LogP contribution is -2.03. The number of imidazole rings is 1. The summed E-state index contributed by atoms with van der Waals surface area (Å²) in [6.07, 6.45) is 2.08. The third-order valence-corrected chi connectivity index (χ3v) is 5.33. The van der Waals surface area contributed by atoms with E-state index in [9.17, 15) is 0 Å². The third kappa shape index (κ3) is 3.65. The van der Waals surface area contributed by atoms with E-state index in [0.717, 1.165) is 43.1 Å². The summed E-state index contributed by atoms with van der Waals surface area (Å²) in [6.45, 7) is 3.78. The van der Waals surface area contributed by atoms with Crippen LogP contribution in [0, 0.1) is 6.92 Å². The Morgan fingerprint density at radius 1 is 0.962 bits per heavy atom. The summed E-state index contributed by atoms with van der Waals surface area (Å²) in [7, 11) is 0. The highest BCUT2D eigenvalue weighted by atomic mass is 32.1. The van der Waals surface area contributed by atoms with Gasteiger partial charge in [0, 0.05) is 6.54 Å². The Morgan fingerprint density at radius 2 is 1.81 bits per heavy atom. The quantitative estimate of drug-likeness (QED) is 0.381. The van der Waals surface area contributed by atoms with Crippen LogP contribution < -0.4 is 4.74 Å². The van der Waals surface area contributed by atoms with Crippen molar-refractivity contribution in [1.29, 1.82) is 0 Å². The van der Waals surface area contributed by atoms with Crippen LogP contribution in [0.2, 0.25) is 0 Å². The molecule has 0 spiro atoms. The van der Waals surface area contributed by atoms with Gasteiger partial charge in [-0.05, 0) is 55.5 Å². The molecule has 0 aliphatic rings. The first-order chi connectivity index (χ1) is 12.8. The Morgan fingerprint density at radius 3 is 2.62 bits per heavy atom. The topological polar surface area (TPSA) is 27.1 Å². The number of para-hydroxylation sites is 2. The van der Waals surface area contributed by atoms with E-state index in [1.165, 1.54) is 16.0 Å². The van der Waals surface area contributed by atoms with Gasteiger partial charge in [0.15, 0.2) is 5.82 Å². The maximum atomic E-state index is 5.85. The minimum atomic E-state index is 0.740. The van der Waals surface area contributed by atoms with Crippen LogP contribution in [0.25, 0.3) is 21.7 Å². The van der Waals surface area contributed by atoms with Gasteiger partial charge in [-0.1, -0.05) is 35.9 Å². The molecule has 0 saturated carbocycles. The molecule has 0 bridgehead atoms. The van der Waals surface area contributed by atoms with Crippen LogP contribution in [0.15, 0.2) is 66.0 Å². The zero-order valence-corrected chi connectivity index (χ0v) is 15.7. The lowest BCUT2D eigenvalue weighted by molar-refractivity contribution is 0.303. The van der Waals surface area contributed by atoms with E-state index in [1.54, 1.807) is 11.3 Å². The van der Waals surface area contributed by atoms with Crippen molar-refractivity contribution in [1.82, 2.24) is 9.55 Å². The van der Waals surface area contributed by atoms with Crippen molar-refractivity contribution in [3.63, 3.8) is 0 Å². The molecule has 2 aromatic carbocycles. The average Bonchev–Trinajstić information content (AvgIpc) is 3.31. The molecule has 0 aliphatic heterocycles. The van der Waals surface area contributed by atoms with Crippen molar-refractivity contribution in [2.75, 3.05) is 6.61 Å². The normalized spacial score (nSPS) is 11.1. The number of benzene rings is 2. The summed E-state index contributed by atoms with van der Waals surface area (Å²) in [4.78, 5) is 6.07. The summed E-state index contributed by atoms with van der Waals surface area (Å²) >= 11 is 1.74. The number of ether oxygens (including phenoxy) is 1. The minimum Gasteiger partial charge on any atom is -0.494 e. The Hall–Kier alpha value is -2.59. The Balaban J connectivity index is 1.42. The van der Waals surface area contributed by atoms with Crippen molar-refractivity contribution in [2.24, 2.45) is 0 Å². The summed E-state index contributed by atoms with van der Waals surface area (Å²) in [5, 5.41) is 2.11. The van der Waals surface area contributed by atoms with Gasteiger partial charge in [0.05, 0.1) is 22.5 Å². The molecule has 3 nitrogen and oxygen atoms in total. The van der Waals surface area contributed by atoms with E-state index >= 15 is 0 Å². The second kappa shape index (κ2) is 7.75. The van der Waals surface area contributed by atoms with Crippen LogP contribution in [-0.4, -0.2) is 16.2 Å². The Kier molecular flexibility index (Phi) is 5.02. The van der Waals surface area contributed by atoms with E-state index in [0.29, 0.717) is 0 Å². The minimum absolute atomic E-state index is 0.740. The van der Waals surface area contributed by atoms with Gasteiger partial charge in [0.25, 0.3) is 0 Å². The Labute approximate surface area is 157 Å². The van der Waals surface area contributed by atoms with Crippen LogP contribution in [0.5, 0.6) is 5.75 Å². The predicted molar refractivity (Wildman–Crippen MR) is 109 cm³/mol. The predicted octanol–water partition coefficient (Wildman–Crippen LogP) is 5.93. The number of thiophene rings is 1. The first-order valence-electron chi connectivity index (χ1n) is 9.00. The maximum Gasteiger partial charge on any atom is 0.151 e. The number of aryl methyl sites for hydroxylation is 2.